The molecule has 1 saturated heterocycles. The zero-order chi connectivity index (χ0) is 30.5. The lowest BCUT2D eigenvalue weighted by molar-refractivity contribution is 0.0770. The third-order valence-electron chi connectivity index (χ3n) is 7.62. The van der Waals surface area contributed by atoms with E-state index in [2.05, 4.69) is 5.32 Å². The van der Waals surface area contributed by atoms with Crippen LogP contribution >= 0.6 is 0 Å². The predicted molar refractivity (Wildman–Crippen MR) is 172 cm³/mol. The van der Waals surface area contributed by atoms with Gasteiger partial charge in [-0.3, -0.25) is 13.8 Å². The molecule has 4 aromatic carbocycles. The number of nitrogens with zero attached hydrogens (tertiary/aromatic N) is 2. The average Bonchev–Trinajstić information content (AvgIpc) is 3.48. The number of carbonyl (C=O) groups excluding carboxylic acids is 2. The molecule has 5 rings (SSSR count). The number of amides is 2. The van der Waals surface area contributed by atoms with Crippen LogP contribution in [0.25, 0.3) is 11.1 Å². The fraction of sp³-hybridized carbons (Fsp3) is 0.257. The number of aryl methyl sites for hydroxylation is 2. The van der Waals surface area contributed by atoms with E-state index >= 15 is 0 Å². The van der Waals surface area contributed by atoms with E-state index < -0.39 is 10.8 Å². The van der Waals surface area contributed by atoms with Crippen LogP contribution in [-0.4, -0.2) is 65.0 Å². The van der Waals surface area contributed by atoms with Crippen LogP contribution in [0.2, 0.25) is 0 Å². The second kappa shape index (κ2) is 13.3. The average molecular weight is 596 g/mol. The zero-order valence-corrected chi connectivity index (χ0v) is 25.8. The molecule has 222 valence electrons. The number of benzene rings is 4. The van der Waals surface area contributed by atoms with Gasteiger partial charge in [-0.15, -0.1) is 0 Å². The van der Waals surface area contributed by atoms with Crippen molar-refractivity contribution in [2.24, 2.45) is 0 Å². The molecule has 1 N–H and O–H groups in total. The SMILES string of the molecule is Cc1cccc(C)c1C(=O)N1CC[C@H](Oc2cccc(NCS(=O)c3cccc(-c4cccc(C(=O)N(C)C)c4)c3)c2)C1. The summed E-state index contributed by atoms with van der Waals surface area (Å²) in [4.78, 5) is 29.7. The molecule has 4 aromatic rings. The molecule has 1 unspecified atom stereocenters. The van der Waals surface area contributed by atoms with E-state index in [0.717, 1.165) is 39.9 Å². The topological polar surface area (TPSA) is 79.0 Å². The first kappa shape index (κ1) is 30.0. The van der Waals surface area contributed by atoms with Crippen molar-refractivity contribution in [3.63, 3.8) is 0 Å². The van der Waals surface area contributed by atoms with Crippen molar-refractivity contribution < 1.29 is 18.5 Å². The van der Waals surface area contributed by atoms with Gasteiger partial charge in [0.15, 0.2) is 0 Å². The van der Waals surface area contributed by atoms with Gasteiger partial charge in [-0.25, -0.2) is 0 Å². The Hall–Kier alpha value is -4.43. The van der Waals surface area contributed by atoms with Gasteiger partial charge >= 0.3 is 0 Å². The van der Waals surface area contributed by atoms with Gasteiger partial charge in [-0.05, 0) is 72.5 Å². The van der Waals surface area contributed by atoms with Crippen molar-refractivity contribution >= 4 is 28.3 Å². The molecule has 1 heterocycles. The van der Waals surface area contributed by atoms with Crippen molar-refractivity contribution in [1.29, 1.82) is 0 Å². The van der Waals surface area contributed by atoms with Crippen LogP contribution in [-0.2, 0) is 10.8 Å². The molecule has 0 saturated carbocycles. The van der Waals surface area contributed by atoms with Crippen molar-refractivity contribution in [2.75, 3.05) is 38.4 Å². The Bertz CT molecular complexity index is 1650. The number of hydrogen-bond donors (Lipinski definition) is 1. The van der Waals surface area contributed by atoms with Gasteiger partial charge in [0.25, 0.3) is 11.8 Å². The number of anilines is 1. The number of likely N-dealkylation sites (tertiary alicyclic amines) is 1. The molecule has 0 aliphatic carbocycles. The summed E-state index contributed by atoms with van der Waals surface area (Å²) in [6.07, 6.45) is 0.674. The standard InChI is InChI=1S/C35H37N3O4S/c1-24-9-5-10-25(2)33(24)35(40)38-18-17-31(22-38)42-30-15-8-14-29(21-30)36-23-43(41)32-16-7-12-27(20-32)26-11-6-13-28(19-26)34(39)37(3)4/h5-16,19-21,31,36H,17-18,22-23H2,1-4H3/t31-,43?/m0/s1. The van der Waals surface area contributed by atoms with Gasteiger partial charge in [0.2, 0.25) is 0 Å². The van der Waals surface area contributed by atoms with E-state index in [1.54, 1.807) is 25.1 Å². The van der Waals surface area contributed by atoms with Gasteiger partial charge in [-0.1, -0.05) is 48.5 Å². The summed E-state index contributed by atoms with van der Waals surface area (Å²) in [7, 11) is 2.15. The maximum absolute atomic E-state index is 13.2. The van der Waals surface area contributed by atoms with Crippen LogP contribution in [0.1, 0.15) is 38.3 Å². The van der Waals surface area contributed by atoms with Crippen molar-refractivity contribution in [3.05, 3.63) is 113 Å². The van der Waals surface area contributed by atoms with E-state index in [0.29, 0.717) is 29.3 Å². The zero-order valence-electron chi connectivity index (χ0n) is 25.0. The molecular weight excluding hydrogens is 558 g/mol. The Kier molecular flexibility index (Phi) is 9.26. The van der Waals surface area contributed by atoms with E-state index in [-0.39, 0.29) is 23.8 Å². The second-order valence-electron chi connectivity index (χ2n) is 11.0. The first-order valence-corrected chi connectivity index (χ1v) is 15.7. The van der Waals surface area contributed by atoms with Crippen molar-refractivity contribution in [3.8, 4) is 16.9 Å². The minimum absolute atomic E-state index is 0.0541. The summed E-state index contributed by atoms with van der Waals surface area (Å²) < 4.78 is 19.5. The van der Waals surface area contributed by atoms with E-state index in [1.807, 2.05) is 104 Å². The fourth-order valence-electron chi connectivity index (χ4n) is 5.33. The molecule has 2 amide bonds. The molecule has 7 nitrogen and oxygen atoms in total. The first-order chi connectivity index (χ1) is 20.7. The van der Waals surface area contributed by atoms with Gasteiger partial charge in [0.05, 0.1) is 23.2 Å². The van der Waals surface area contributed by atoms with E-state index in [9.17, 15) is 13.8 Å². The molecule has 2 atom stereocenters. The highest BCUT2D eigenvalue weighted by molar-refractivity contribution is 7.85. The van der Waals surface area contributed by atoms with E-state index in [4.69, 9.17) is 4.74 Å². The Morgan fingerprint density at radius 2 is 1.58 bits per heavy atom. The van der Waals surface area contributed by atoms with Crippen molar-refractivity contribution in [2.45, 2.75) is 31.3 Å². The molecule has 1 fully saturated rings. The molecule has 8 heteroatoms. The summed E-state index contributed by atoms with van der Waals surface area (Å²) >= 11 is 0. The van der Waals surface area contributed by atoms with Crippen LogP contribution in [0.15, 0.2) is 95.9 Å². The quantitative estimate of drug-likeness (QED) is 0.251. The maximum Gasteiger partial charge on any atom is 0.254 e. The maximum atomic E-state index is 13.2. The Morgan fingerprint density at radius 1 is 0.907 bits per heavy atom. The molecular formula is C35H37N3O4S. The Balaban J connectivity index is 1.19. The Labute approximate surface area is 255 Å². The molecule has 0 bridgehead atoms. The van der Waals surface area contributed by atoms with Gasteiger partial charge < -0.3 is 19.9 Å². The summed E-state index contributed by atoms with van der Waals surface area (Å²) in [5.41, 5.74) is 5.96. The number of rotatable bonds is 9. The van der Waals surface area contributed by atoms with Gasteiger partial charge in [-0.2, -0.15) is 0 Å². The highest BCUT2D eigenvalue weighted by Gasteiger charge is 2.29. The van der Waals surface area contributed by atoms with E-state index in [1.165, 1.54) is 0 Å². The van der Waals surface area contributed by atoms with Gasteiger partial charge in [0, 0.05) is 54.8 Å². The monoisotopic (exact) mass is 595 g/mol. The Morgan fingerprint density at radius 3 is 2.33 bits per heavy atom. The lowest BCUT2D eigenvalue weighted by Gasteiger charge is -2.20. The molecule has 43 heavy (non-hydrogen) atoms. The summed E-state index contributed by atoms with van der Waals surface area (Å²) in [6.45, 7) is 5.14. The number of nitrogens with one attached hydrogen (secondary N) is 1. The minimum Gasteiger partial charge on any atom is -0.488 e. The molecule has 1 aliphatic rings. The lowest BCUT2D eigenvalue weighted by Crippen LogP contribution is -2.31. The van der Waals surface area contributed by atoms with Crippen molar-refractivity contribution in [1.82, 2.24) is 9.80 Å². The normalized spacial score (nSPS) is 15.2. The molecule has 0 spiro atoms. The number of carbonyl (C=O) groups is 2. The fourth-order valence-corrected chi connectivity index (χ4v) is 6.28. The summed E-state index contributed by atoms with van der Waals surface area (Å²) in [6, 6.07) is 28.6. The highest BCUT2D eigenvalue weighted by Crippen LogP contribution is 2.26. The van der Waals surface area contributed by atoms with Crippen LogP contribution in [0.5, 0.6) is 5.75 Å². The molecule has 0 radical (unpaired) electrons. The van der Waals surface area contributed by atoms with Crippen LogP contribution < -0.4 is 10.1 Å². The van der Waals surface area contributed by atoms with Crippen LogP contribution in [0, 0.1) is 13.8 Å². The molecule has 0 aromatic heterocycles. The molecule has 1 aliphatic heterocycles. The van der Waals surface area contributed by atoms with Gasteiger partial charge in [0.1, 0.15) is 11.9 Å². The van der Waals surface area contributed by atoms with Crippen LogP contribution in [0.3, 0.4) is 0 Å². The third-order valence-corrected chi connectivity index (χ3v) is 8.80. The minimum atomic E-state index is -1.30. The second-order valence-corrected chi connectivity index (χ2v) is 12.5. The smallest absolute Gasteiger partial charge is 0.254 e. The number of hydrogen-bond acceptors (Lipinski definition) is 5. The lowest BCUT2D eigenvalue weighted by atomic mass is 10.0. The highest BCUT2D eigenvalue weighted by atomic mass is 32.2. The number of ether oxygens (including phenoxy) is 1. The predicted octanol–water partition coefficient (Wildman–Crippen LogP) is 6.14. The summed E-state index contributed by atoms with van der Waals surface area (Å²) in [5, 5.41) is 3.27. The summed E-state index contributed by atoms with van der Waals surface area (Å²) in [5.74, 6) is 0.927. The first-order valence-electron chi connectivity index (χ1n) is 14.4. The largest absolute Gasteiger partial charge is 0.488 e. The third kappa shape index (κ3) is 7.14. The van der Waals surface area contributed by atoms with Crippen LogP contribution in [0.4, 0.5) is 5.69 Å².